The van der Waals surface area contributed by atoms with Crippen LogP contribution in [-0.2, 0) is 4.79 Å². The Morgan fingerprint density at radius 3 is 2.39 bits per heavy atom. The van der Waals surface area contributed by atoms with Gasteiger partial charge in [0.2, 0.25) is 0 Å². The maximum Gasteiger partial charge on any atom is 0.257 e. The topological polar surface area (TPSA) is 63.6 Å². The van der Waals surface area contributed by atoms with E-state index in [1.165, 1.54) is 6.42 Å². The monoisotopic (exact) mass is 451 g/mol. The lowest BCUT2D eigenvalue weighted by Crippen LogP contribution is -2.40. The summed E-state index contributed by atoms with van der Waals surface area (Å²) < 4.78 is 16.5. The number of carbonyl (C=O) groups excluding carboxylic acids is 1. The molecule has 0 unspecified atom stereocenters. The van der Waals surface area contributed by atoms with Crippen LogP contribution in [-0.4, -0.2) is 62.0 Å². The van der Waals surface area contributed by atoms with Crippen molar-refractivity contribution in [1.29, 1.82) is 0 Å². The highest BCUT2D eigenvalue weighted by atomic mass is 16.5. The fourth-order valence-electron chi connectivity index (χ4n) is 4.53. The largest absolute Gasteiger partial charge is 0.497 e. The molecule has 176 valence electrons. The maximum atomic E-state index is 13.4. The number of piperidine rings is 1. The van der Waals surface area contributed by atoms with Crippen molar-refractivity contribution in [2.24, 2.45) is 5.10 Å². The first-order valence-electron chi connectivity index (χ1n) is 11.7. The zero-order valence-corrected chi connectivity index (χ0v) is 19.8. The molecular weight excluding hydrogens is 418 g/mol. The number of hydrogen-bond acceptors (Lipinski definition) is 6. The number of benzene rings is 2. The van der Waals surface area contributed by atoms with E-state index in [0.29, 0.717) is 25.3 Å². The molecule has 7 heteroatoms. The highest BCUT2D eigenvalue weighted by Crippen LogP contribution is 2.36. The maximum absolute atomic E-state index is 13.4. The van der Waals surface area contributed by atoms with Gasteiger partial charge in [0, 0.05) is 18.1 Å². The molecule has 2 aliphatic rings. The molecule has 33 heavy (non-hydrogen) atoms. The van der Waals surface area contributed by atoms with Crippen LogP contribution in [0, 0.1) is 0 Å². The number of rotatable bonds is 8. The van der Waals surface area contributed by atoms with E-state index in [2.05, 4.69) is 4.90 Å². The third-order valence-electron chi connectivity index (χ3n) is 6.27. The van der Waals surface area contributed by atoms with Crippen LogP contribution < -0.4 is 14.2 Å². The Hall–Kier alpha value is -3.06. The molecule has 7 nitrogen and oxygen atoms in total. The summed E-state index contributed by atoms with van der Waals surface area (Å²) in [6.45, 7) is 4.92. The quantitative estimate of drug-likeness (QED) is 0.600. The molecule has 2 heterocycles. The van der Waals surface area contributed by atoms with E-state index in [1.807, 2.05) is 49.4 Å². The summed E-state index contributed by atoms with van der Waals surface area (Å²) >= 11 is 0. The molecule has 0 radical (unpaired) electrons. The van der Waals surface area contributed by atoms with Gasteiger partial charge in [0.05, 0.1) is 39.1 Å². The van der Waals surface area contributed by atoms with Gasteiger partial charge in [-0.25, -0.2) is 5.01 Å². The van der Waals surface area contributed by atoms with E-state index in [1.54, 1.807) is 19.2 Å². The summed E-state index contributed by atoms with van der Waals surface area (Å²) in [6.07, 6.45) is 4.14. The first-order chi connectivity index (χ1) is 16.1. The average Bonchev–Trinajstić information content (AvgIpc) is 3.30. The molecule has 1 saturated heterocycles. The molecular formula is C26H33N3O4. The Bertz CT molecular complexity index is 984. The Kier molecular flexibility index (Phi) is 7.50. The average molecular weight is 452 g/mol. The van der Waals surface area contributed by atoms with Crippen LogP contribution in [0.15, 0.2) is 47.6 Å². The standard InChI is InChI=1S/C26H33N3O4/c1-4-33-20-10-8-19(9-11-20)24-17-23(22-13-12-21(31-2)16-25(22)32-3)27-29(24)26(30)18-28-14-6-5-7-15-28/h8-13,16,24H,4-7,14-15,17-18H2,1-3H3/t24-/m1/s1. The van der Waals surface area contributed by atoms with Crippen molar-refractivity contribution in [2.75, 3.05) is 40.5 Å². The first-order valence-corrected chi connectivity index (χ1v) is 11.7. The van der Waals surface area contributed by atoms with Crippen LogP contribution in [0.3, 0.4) is 0 Å². The van der Waals surface area contributed by atoms with E-state index in [-0.39, 0.29) is 11.9 Å². The van der Waals surface area contributed by atoms with Gasteiger partial charge in [-0.3, -0.25) is 9.69 Å². The van der Waals surface area contributed by atoms with E-state index < -0.39 is 0 Å². The molecule has 0 bridgehead atoms. The Labute approximate surface area is 195 Å². The molecule has 0 spiro atoms. The molecule has 2 aliphatic heterocycles. The van der Waals surface area contributed by atoms with Crippen molar-refractivity contribution in [3.63, 3.8) is 0 Å². The number of ether oxygens (including phenoxy) is 3. The lowest BCUT2D eigenvalue weighted by atomic mass is 9.97. The summed E-state index contributed by atoms with van der Waals surface area (Å²) in [5.41, 5.74) is 2.75. The molecule has 0 aromatic heterocycles. The second-order valence-corrected chi connectivity index (χ2v) is 8.41. The Morgan fingerprint density at radius 2 is 1.73 bits per heavy atom. The fourth-order valence-corrected chi connectivity index (χ4v) is 4.53. The van der Waals surface area contributed by atoms with Crippen LogP contribution in [0.1, 0.15) is 49.8 Å². The van der Waals surface area contributed by atoms with E-state index in [4.69, 9.17) is 19.3 Å². The Morgan fingerprint density at radius 1 is 1.00 bits per heavy atom. The highest BCUT2D eigenvalue weighted by Gasteiger charge is 2.34. The van der Waals surface area contributed by atoms with Gasteiger partial charge < -0.3 is 14.2 Å². The first kappa shape index (κ1) is 23.1. The minimum absolute atomic E-state index is 0.0262. The third-order valence-corrected chi connectivity index (χ3v) is 6.27. The van der Waals surface area contributed by atoms with Crippen molar-refractivity contribution >= 4 is 11.6 Å². The lowest BCUT2D eigenvalue weighted by Gasteiger charge is -2.29. The van der Waals surface area contributed by atoms with E-state index >= 15 is 0 Å². The van der Waals surface area contributed by atoms with Crippen LogP contribution in [0.2, 0.25) is 0 Å². The molecule has 1 atom stereocenters. The fraction of sp³-hybridized carbons (Fsp3) is 0.462. The summed E-state index contributed by atoms with van der Waals surface area (Å²) in [5.74, 6) is 2.25. The summed E-state index contributed by atoms with van der Waals surface area (Å²) in [4.78, 5) is 15.6. The highest BCUT2D eigenvalue weighted by molar-refractivity contribution is 6.05. The minimum atomic E-state index is -0.167. The van der Waals surface area contributed by atoms with Gasteiger partial charge in [-0.05, 0) is 62.7 Å². The van der Waals surface area contributed by atoms with Gasteiger partial charge in [0.1, 0.15) is 17.2 Å². The van der Waals surface area contributed by atoms with Crippen LogP contribution in [0.25, 0.3) is 0 Å². The van der Waals surface area contributed by atoms with Crippen molar-refractivity contribution < 1.29 is 19.0 Å². The van der Waals surface area contributed by atoms with Gasteiger partial charge in [-0.1, -0.05) is 18.6 Å². The second kappa shape index (κ2) is 10.7. The predicted molar refractivity (Wildman–Crippen MR) is 128 cm³/mol. The number of carbonyl (C=O) groups is 1. The van der Waals surface area contributed by atoms with Crippen molar-refractivity contribution in [2.45, 2.75) is 38.6 Å². The normalized spacial score (nSPS) is 18.7. The number of nitrogens with zero attached hydrogens (tertiary/aromatic N) is 3. The smallest absolute Gasteiger partial charge is 0.257 e. The van der Waals surface area contributed by atoms with E-state index in [9.17, 15) is 4.79 Å². The molecule has 0 aliphatic carbocycles. The van der Waals surface area contributed by atoms with Crippen molar-refractivity contribution in [3.05, 3.63) is 53.6 Å². The minimum Gasteiger partial charge on any atom is -0.497 e. The number of methoxy groups -OCH3 is 2. The SMILES string of the molecule is CCOc1ccc([C@H]2CC(c3ccc(OC)cc3OC)=NN2C(=O)CN2CCCCC2)cc1. The van der Waals surface area contributed by atoms with Crippen LogP contribution in [0.5, 0.6) is 17.2 Å². The molecule has 1 amide bonds. The zero-order chi connectivity index (χ0) is 23.2. The van der Waals surface area contributed by atoms with Crippen LogP contribution in [0.4, 0.5) is 0 Å². The third kappa shape index (κ3) is 5.30. The number of hydrogen-bond donors (Lipinski definition) is 0. The molecule has 1 fully saturated rings. The Balaban J connectivity index is 1.63. The van der Waals surface area contributed by atoms with Gasteiger partial charge in [0.25, 0.3) is 5.91 Å². The van der Waals surface area contributed by atoms with Crippen LogP contribution >= 0.6 is 0 Å². The number of amides is 1. The summed E-state index contributed by atoms with van der Waals surface area (Å²) in [7, 11) is 3.27. The predicted octanol–water partition coefficient (Wildman–Crippen LogP) is 4.27. The van der Waals surface area contributed by atoms with Crippen molar-refractivity contribution in [3.8, 4) is 17.2 Å². The molecule has 0 N–H and O–H groups in total. The summed E-state index contributed by atoms with van der Waals surface area (Å²) in [5, 5.41) is 6.50. The lowest BCUT2D eigenvalue weighted by molar-refractivity contribution is -0.134. The number of hydrazone groups is 1. The molecule has 0 saturated carbocycles. The van der Waals surface area contributed by atoms with Gasteiger partial charge >= 0.3 is 0 Å². The molecule has 2 aromatic rings. The van der Waals surface area contributed by atoms with E-state index in [0.717, 1.165) is 54.3 Å². The zero-order valence-electron chi connectivity index (χ0n) is 19.8. The van der Waals surface area contributed by atoms with Gasteiger partial charge in [-0.2, -0.15) is 5.10 Å². The molecule has 2 aromatic carbocycles. The second-order valence-electron chi connectivity index (χ2n) is 8.41. The van der Waals surface area contributed by atoms with Gasteiger partial charge in [0.15, 0.2) is 0 Å². The number of likely N-dealkylation sites (tertiary alicyclic amines) is 1. The molecule has 4 rings (SSSR count). The van der Waals surface area contributed by atoms with Crippen molar-refractivity contribution in [1.82, 2.24) is 9.91 Å². The van der Waals surface area contributed by atoms with Gasteiger partial charge in [-0.15, -0.1) is 0 Å². The summed E-state index contributed by atoms with van der Waals surface area (Å²) in [6, 6.07) is 13.5.